The van der Waals surface area contributed by atoms with Gasteiger partial charge in [0.05, 0.1) is 5.69 Å². The molecular weight excluding hydrogens is 348 g/mol. The van der Waals surface area contributed by atoms with E-state index >= 15 is 0 Å². The van der Waals surface area contributed by atoms with Crippen molar-refractivity contribution in [3.05, 3.63) is 95.8 Å². The lowest BCUT2D eigenvalue weighted by atomic mass is 10.2. The molecule has 1 heterocycles. The third-order valence-corrected chi connectivity index (χ3v) is 4.40. The van der Waals surface area contributed by atoms with Gasteiger partial charge >= 0.3 is 0 Å². The molecular formula is C23H20N4O. The predicted octanol–water partition coefficient (Wildman–Crippen LogP) is 4.80. The lowest BCUT2D eigenvalue weighted by molar-refractivity contribution is 0.101. The van der Waals surface area contributed by atoms with Gasteiger partial charge in [0.1, 0.15) is 0 Å². The smallest absolute Gasteiger partial charge is 0.295 e. The van der Waals surface area contributed by atoms with Crippen LogP contribution in [0.15, 0.2) is 78.9 Å². The summed E-state index contributed by atoms with van der Waals surface area (Å²) in [5.41, 5.74) is 4.71. The Bertz CT molecular complexity index is 1120. The van der Waals surface area contributed by atoms with Crippen molar-refractivity contribution in [3.8, 4) is 17.1 Å². The topological polar surface area (TPSA) is 59.8 Å². The van der Waals surface area contributed by atoms with Gasteiger partial charge in [0.15, 0.2) is 5.82 Å². The second kappa shape index (κ2) is 7.48. The molecule has 28 heavy (non-hydrogen) atoms. The molecule has 3 aromatic carbocycles. The molecule has 4 aromatic rings. The predicted molar refractivity (Wildman–Crippen MR) is 111 cm³/mol. The molecule has 0 radical (unpaired) electrons. The maximum Gasteiger partial charge on any atom is 0.295 e. The summed E-state index contributed by atoms with van der Waals surface area (Å²) in [6, 6.07) is 25.3. The van der Waals surface area contributed by atoms with E-state index in [0.29, 0.717) is 11.5 Å². The van der Waals surface area contributed by atoms with Gasteiger partial charge in [-0.2, -0.15) is 0 Å². The summed E-state index contributed by atoms with van der Waals surface area (Å²) in [7, 11) is 0. The first-order chi connectivity index (χ1) is 13.6. The minimum absolute atomic E-state index is 0.126. The van der Waals surface area contributed by atoms with Crippen LogP contribution in [0.5, 0.6) is 0 Å². The van der Waals surface area contributed by atoms with Gasteiger partial charge in [-0.05, 0) is 43.7 Å². The van der Waals surface area contributed by atoms with E-state index in [1.54, 1.807) is 4.68 Å². The highest BCUT2D eigenvalue weighted by Crippen LogP contribution is 2.22. The number of anilines is 1. The average molecular weight is 368 g/mol. The second-order valence-corrected chi connectivity index (χ2v) is 6.70. The molecule has 0 saturated carbocycles. The number of hydrogen-bond acceptors (Lipinski definition) is 3. The standard InChI is InChI=1S/C23H20N4O/c1-16-11-13-19(14-12-16)24-23(28)21-25-22(18-8-4-3-5-9-18)27(26-21)20-10-6-7-17(2)15-20/h3-15H,1-2H3,(H,24,28). The molecule has 138 valence electrons. The van der Waals surface area contributed by atoms with E-state index in [2.05, 4.69) is 15.4 Å². The quantitative estimate of drug-likeness (QED) is 0.563. The number of nitrogens with zero attached hydrogens (tertiary/aromatic N) is 3. The first-order valence-electron chi connectivity index (χ1n) is 9.08. The molecule has 0 aliphatic heterocycles. The van der Waals surface area contributed by atoms with Crippen LogP contribution in [0, 0.1) is 13.8 Å². The largest absolute Gasteiger partial charge is 0.319 e. The van der Waals surface area contributed by atoms with Gasteiger partial charge in [-0.1, -0.05) is 60.2 Å². The normalized spacial score (nSPS) is 10.6. The summed E-state index contributed by atoms with van der Waals surface area (Å²) in [6.45, 7) is 4.02. The van der Waals surface area contributed by atoms with Crippen LogP contribution < -0.4 is 5.32 Å². The zero-order chi connectivity index (χ0) is 19.5. The van der Waals surface area contributed by atoms with E-state index in [4.69, 9.17) is 0 Å². The van der Waals surface area contributed by atoms with Crippen LogP contribution in [0.1, 0.15) is 21.7 Å². The van der Waals surface area contributed by atoms with E-state index < -0.39 is 0 Å². The maximum atomic E-state index is 12.7. The van der Waals surface area contributed by atoms with Gasteiger partial charge in [0.2, 0.25) is 5.82 Å². The van der Waals surface area contributed by atoms with E-state index in [9.17, 15) is 4.79 Å². The summed E-state index contributed by atoms with van der Waals surface area (Å²) in [5, 5.41) is 7.37. The minimum atomic E-state index is -0.340. The zero-order valence-electron chi connectivity index (χ0n) is 15.8. The fraction of sp³-hybridized carbons (Fsp3) is 0.0870. The molecule has 0 unspecified atom stereocenters. The van der Waals surface area contributed by atoms with Crippen LogP contribution in [0.4, 0.5) is 5.69 Å². The highest BCUT2D eigenvalue weighted by Gasteiger charge is 2.19. The van der Waals surface area contributed by atoms with Crippen molar-refractivity contribution < 1.29 is 4.79 Å². The molecule has 1 aromatic heterocycles. The Morgan fingerprint density at radius 3 is 2.32 bits per heavy atom. The Morgan fingerprint density at radius 2 is 1.61 bits per heavy atom. The number of nitrogens with one attached hydrogen (secondary N) is 1. The number of amides is 1. The molecule has 4 rings (SSSR count). The van der Waals surface area contributed by atoms with Crippen molar-refractivity contribution in [2.45, 2.75) is 13.8 Å². The average Bonchev–Trinajstić information content (AvgIpc) is 3.16. The third-order valence-electron chi connectivity index (χ3n) is 4.40. The number of aryl methyl sites for hydroxylation is 2. The van der Waals surface area contributed by atoms with Gasteiger partial charge in [0.25, 0.3) is 5.91 Å². The van der Waals surface area contributed by atoms with Gasteiger partial charge in [-0.3, -0.25) is 4.79 Å². The monoisotopic (exact) mass is 368 g/mol. The van der Waals surface area contributed by atoms with Crippen LogP contribution in [0.25, 0.3) is 17.1 Å². The molecule has 1 N–H and O–H groups in total. The second-order valence-electron chi connectivity index (χ2n) is 6.70. The van der Waals surface area contributed by atoms with Crippen molar-refractivity contribution in [1.29, 1.82) is 0 Å². The van der Waals surface area contributed by atoms with Gasteiger partial charge in [-0.15, -0.1) is 5.10 Å². The zero-order valence-corrected chi connectivity index (χ0v) is 15.8. The minimum Gasteiger partial charge on any atom is -0.319 e. The Hall–Kier alpha value is -3.73. The first kappa shape index (κ1) is 17.7. The molecule has 0 spiro atoms. The van der Waals surface area contributed by atoms with Crippen LogP contribution in [-0.4, -0.2) is 20.7 Å². The van der Waals surface area contributed by atoms with Gasteiger partial charge in [-0.25, -0.2) is 9.67 Å². The number of hydrogen-bond donors (Lipinski definition) is 1. The summed E-state index contributed by atoms with van der Waals surface area (Å²) < 4.78 is 1.71. The Labute approximate surface area is 163 Å². The molecule has 0 fully saturated rings. The van der Waals surface area contributed by atoms with Crippen LogP contribution in [-0.2, 0) is 0 Å². The Morgan fingerprint density at radius 1 is 0.857 bits per heavy atom. The Kier molecular flexibility index (Phi) is 4.72. The number of aromatic nitrogens is 3. The fourth-order valence-electron chi connectivity index (χ4n) is 2.95. The molecule has 5 heteroatoms. The van der Waals surface area contributed by atoms with Crippen molar-refractivity contribution in [3.63, 3.8) is 0 Å². The molecule has 0 aliphatic carbocycles. The molecule has 1 amide bonds. The lowest BCUT2D eigenvalue weighted by Crippen LogP contribution is -2.14. The van der Waals surface area contributed by atoms with E-state index in [1.807, 2.05) is 92.7 Å². The van der Waals surface area contributed by atoms with Crippen LogP contribution in [0.2, 0.25) is 0 Å². The molecule has 0 aliphatic rings. The number of carbonyl (C=O) groups is 1. The maximum absolute atomic E-state index is 12.7. The van der Waals surface area contributed by atoms with E-state index in [1.165, 1.54) is 0 Å². The third kappa shape index (κ3) is 3.69. The summed E-state index contributed by atoms with van der Waals surface area (Å²) >= 11 is 0. The lowest BCUT2D eigenvalue weighted by Gasteiger charge is -2.06. The summed E-state index contributed by atoms with van der Waals surface area (Å²) in [5.74, 6) is 0.411. The highest BCUT2D eigenvalue weighted by molar-refractivity contribution is 6.01. The number of benzene rings is 3. The van der Waals surface area contributed by atoms with Crippen molar-refractivity contribution in [1.82, 2.24) is 14.8 Å². The van der Waals surface area contributed by atoms with E-state index in [-0.39, 0.29) is 11.7 Å². The van der Waals surface area contributed by atoms with Crippen molar-refractivity contribution >= 4 is 11.6 Å². The first-order valence-corrected chi connectivity index (χ1v) is 9.08. The Balaban J connectivity index is 1.74. The summed E-state index contributed by atoms with van der Waals surface area (Å²) in [4.78, 5) is 17.3. The van der Waals surface area contributed by atoms with Gasteiger partial charge < -0.3 is 5.32 Å². The van der Waals surface area contributed by atoms with E-state index in [0.717, 1.165) is 22.4 Å². The van der Waals surface area contributed by atoms with Crippen LogP contribution >= 0.6 is 0 Å². The number of rotatable bonds is 4. The molecule has 0 atom stereocenters. The highest BCUT2D eigenvalue weighted by atomic mass is 16.2. The SMILES string of the molecule is Cc1ccc(NC(=O)c2nc(-c3ccccc3)n(-c3cccc(C)c3)n2)cc1. The molecule has 0 bridgehead atoms. The summed E-state index contributed by atoms with van der Waals surface area (Å²) in [6.07, 6.45) is 0. The number of carbonyl (C=O) groups excluding carboxylic acids is 1. The fourth-order valence-corrected chi connectivity index (χ4v) is 2.95. The van der Waals surface area contributed by atoms with Gasteiger partial charge in [0, 0.05) is 11.3 Å². The van der Waals surface area contributed by atoms with Crippen molar-refractivity contribution in [2.75, 3.05) is 5.32 Å². The molecule has 5 nitrogen and oxygen atoms in total. The van der Waals surface area contributed by atoms with Crippen molar-refractivity contribution in [2.24, 2.45) is 0 Å². The molecule has 0 saturated heterocycles. The van der Waals surface area contributed by atoms with Crippen LogP contribution in [0.3, 0.4) is 0 Å².